The van der Waals surface area contributed by atoms with Crippen molar-refractivity contribution >= 4 is 7.12 Å². The maximum atomic E-state index is 5.88. The van der Waals surface area contributed by atoms with Gasteiger partial charge in [0.2, 0.25) is 0 Å². The van der Waals surface area contributed by atoms with Crippen molar-refractivity contribution in [1.82, 2.24) is 0 Å². The fraction of sp³-hybridized carbons (Fsp3) is 0.833. The van der Waals surface area contributed by atoms with Crippen LogP contribution in [0.1, 0.15) is 27.7 Å². The monoisotopic (exact) mass is 242 g/mol. The molecular weight excluding hydrogens is 219 g/mol. The Labute approximate surface area is 104 Å². The molecule has 98 valence electrons. The second-order valence-electron chi connectivity index (χ2n) is 5.32. The number of hydrogen-bond donors (Lipinski definition) is 0. The van der Waals surface area contributed by atoms with Crippen LogP contribution in [0.2, 0.25) is 0 Å². The first-order valence-corrected chi connectivity index (χ1v) is 5.85. The second-order valence-corrected chi connectivity index (χ2v) is 5.32. The molecule has 1 aliphatic rings. The van der Waals surface area contributed by atoms with Crippen LogP contribution in [0.4, 0.5) is 0 Å². The largest absolute Gasteiger partial charge is 0.487 e. The summed E-state index contributed by atoms with van der Waals surface area (Å²) in [7, 11) is 2.99. The van der Waals surface area contributed by atoms with Gasteiger partial charge in [0.1, 0.15) is 0 Å². The molecule has 1 heterocycles. The molecule has 0 aromatic heterocycles. The minimum Gasteiger partial charge on any atom is -0.400 e. The maximum Gasteiger partial charge on any atom is 0.487 e. The van der Waals surface area contributed by atoms with Crippen LogP contribution >= 0.6 is 0 Å². The lowest BCUT2D eigenvalue weighted by Crippen LogP contribution is -2.41. The van der Waals surface area contributed by atoms with E-state index in [1.165, 1.54) is 0 Å². The Bertz CT molecular complexity index is 262. The summed E-state index contributed by atoms with van der Waals surface area (Å²) in [6.45, 7) is 9.19. The van der Waals surface area contributed by atoms with Crippen LogP contribution in [0.5, 0.6) is 0 Å². The van der Waals surface area contributed by atoms with Crippen LogP contribution in [0, 0.1) is 0 Å². The van der Waals surface area contributed by atoms with Crippen molar-refractivity contribution in [2.24, 2.45) is 0 Å². The van der Waals surface area contributed by atoms with Gasteiger partial charge in [-0.3, -0.25) is 0 Å². The zero-order chi connectivity index (χ0) is 13.1. The third-order valence-corrected chi connectivity index (χ3v) is 3.30. The molecule has 0 aromatic carbocycles. The number of rotatable bonds is 5. The van der Waals surface area contributed by atoms with E-state index in [0.717, 1.165) is 5.57 Å². The normalized spacial score (nSPS) is 21.6. The standard InChI is InChI=1S/C12H23BO4/c1-11(2)12(3,4)17-13(16-11)7-10(8-14-5)9-15-6/h7H,8-9H2,1-6H3. The van der Waals surface area contributed by atoms with E-state index >= 15 is 0 Å². The van der Waals surface area contributed by atoms with Gasteiger partial charge in [-0.1, -0.05) is 5.98 Å². The van der Waals surface area contributed by atoms with Crippen LogP contribution in [0.3, 0.4) is 0 Å². The molecule has 1 saturated heterocycles. The van der Waals surface area contributed by atoms with Crippen molar-refractivity contribution in [1.29, 1.82) is 0 Å². The van der Waals surface area contributed by atoms with Gasteiger partial charge in [-0.25, -0.2) is 0 Å². The lowest BCUT2D eigenvalue weighted by molar-refractivity contribution is 0.00578. The average molecular weight is 242 g/mol. The zero-order valence-electron chi connectivity index (χ0n) is 11.7. The molecule has 0 radical (unpaired) electrons. The first kappa shape index (κ1) is 14.7. The molecule has 0 spiro atoms. The molecule has 0 N–H and O–H groups in total. The molecule has 0 saturated carbocycles. The van der Waals surface area contributed by atoms with E-state index in [-0.39, 0.29) is 18.3 Å². The van der Waals surface area contributed by atoms with E-state index in [9.17, 15) is 0 Å². The van der Waals surface area contributed by atoms with Crippen LogP contribution in [-0.2, 0) is 18.8 Å². The van der Waals surface area contributed by atoms with Gasteiger partial charge < -0.3 is 18.8 Å². The minimum absolute atomic E-state index is 0.306. The zero-order valence-corrected chi connectivity index (χ0v) is 11.7. The Morgan fingerprint density at radius 3 is 1.76 bits per heavy atom. The molecule has 0 aromatic rings. The summed E-state index contributed by atoms with van der Waals surface area (Å²) in [5.74, 6) is 1.93. The summed E-state index contributed by atoms with van der Waals surface area (Å²) in [5, 5.41) is 0. The SMILES string of the molecule is COCC(=CB1OC(C)(C)C(C)(C)O1)COC. The third-order valence-electron chi connectivity index (χ3n) is 3.30. The topological polar surface area (TPSA) is 36.9 Å². The van der Waals surface area contributed by atoms with E-state index in [1.807, 2.05) is 33.7 Å². The molecule has 1 aliphatic heterocycles. The van der Waals surface area contributed by atoms with Gasteiger partial charge in [0, 0.05) is 14.2 Å². The first-order valence-electron chi connectivity index (χ1n) is 5.85. The molecule has 1 fully saturated rings. The molecule has 1 rings (SSSR count). The summed E-state index contributed by atoms with van der Waals surface area (Å²) in [5.41, 5.74) is 0.409. The molecule has 0 unspecified atom stereocenters. The summed E-state index contributed by atoms with van der Waals surface area (Å²) in [6, 6.07) is 0. The quantitative estimate of drug-likeness (QED) is 0.689. The number of hydrogen-bond acceptors (Lipinski definition) is 4. The van der Waals surface area contributed by atoms with Gasteiger partial charge in [-0.05, 0) is 33.3 Å². The third kappa shape index (κ3) is 3.55. The van der Waals surface area contributed by atoms with Crippen LogP contribution in [0.25, 0.3) is 0 Å². The maximum absolute atomic E-state index is 5.88. The second kappa shape index (κ2) is 5.52. The summed E-state index contributed by atoms with van der Waals surface area (Å²) < 4.78 is 22.0. The summed E-state index contributed by atoms with van der Waals surface area (Å²) in [4.78, 5) is 0. The highest BCUT2D eigenvalue weighted by molar-refractivity contribution is 6.51. The molecule has 0 amide bonds. The molecule has 17 heavy (non-hydrogen) atoms. The lowest BCUT2D eigenvalue weighted by atomic mass is 9.87. The molecule has 4 nitrogen and oxygen atoms in total. The molecule has 0 bridgehead atoms. The van der Waals surface area contributed by atoms with E-state index in [2.05, 4.69) is 0 Å². The highest BCUT2D eigenvalue weighted by Crippen LogP contribution is 2.37. The van der Waals surface area contributed by atoms with Crippen molar-refractivity contribution < 1.29 is 18.8 Å². The van der Waals surface area contributed by atoms with Gasteiger partial charge in [-0.15, -0.1) is 0 Å². The van der Waals surface area contributed by atoms with Gasteiger partial charge in [0.15, 0.2) is 0 Å². The van der Waals surface area contributed by atoms with Crippen molar-refractivity contribution in [2.75, 3.05) is 27.4 Å². The van der Waals surface area contributed by atoms with Gasteiger partial charge >= 0.3 is 7.12 Å². The van der Waals surface area contributed by atoms with E-state index < -0.39 is 0 Å². The van der Waals surface area contributed by atoms with Crippen LogP contribution in [0.15, 0.2) is 11.5 Å². The lowest BCUT2D eigenvalue weighted by Gasteiger charge is -2.32. The fourth-order valence-corrected chi connectivity index (χ4v) is 1.66. The Morgan fingerprint density at radius 1 is 1.00 bits per heavy atom. The Hall–Kier alpha value is -0.355. The van der Waals surface area contributed by atoms with Gasteiger partial charge in [0.25, 0.3) is 0 Å². The molecule has 5 heteroatoms. The fourth-order valence-electron chi connectivity index (χ4n) is 1.66. The molecule has 0 atom stereocenters. The van der Waals surface area contributed by atoms with Gasteiger partial charge in [0.05, 0.1) is 24.4 Å². The average Bonchev–Trinajstić information content (AvgIpc) is 2.35. The van der Waals surface area contributed by atoms with E-state index in [1.54, 1.807) is 14.2 Å². The van der Waals surface area contributed by atoms with Crippen LogP contribution in [-0.4, -0.2) is 45.8 Å². The summed E-state index contributed by atoms with van der Waals surface area (Å²) in [6.07, 6.45) is 0. The van der Waals surface area contributed by atoms with E-state index in [0.29, 0.717) is 13.2 Å². The van der Waals surface area contributed by atoms with E-state index in [4.69, 9.17) is 18.8 Å². The number of methoxy groups -OCH3 is 2. The summed E-state index contributed by atoms with van der Waals surface area (Å²) >= 11 is 0. The Balaban J connectivity index is 2.72. The van der Waals surface area contributed by atoms with Crippen molar-refractivity contribution in [3.63, 3.8) is 0 Å². The molecule has 0 aliphatic carbocycles. The highest BCUT2D eigenvalue weighted by Gasteiger charge is 2.50. The Kier molecular flexibility index (Phi) is 4.78. The smallest absolute Gasteiger partial charge is 0.400 e. The first-order chi connectivity index (χ1) is 7.82. The Morgan fingerprint density at radius 2 is 1.41 bits per heavy atom. The molecular formula is C12H23BO4. The minimum atomic E-state index is -0.333. The van der Waals surface area contributed by atoms with Crippen molar-refractivity contribution in [3.8, 4) is 0 Å². The van der Waals surface area contributed by atoms with Crippen molar-refractivity contribution in [2.45, 2.75) is 38.9 Å². The predicted octanol–water partition coefficient (Wildman–Crippen LogP) is 1.84. The van der Waals surface area contributed by atoms with Crippen molar-refractivity contribution in [3.05, 3.63) is 11.5 Å². The number of ether oxygens (including phenoxy) is 2. The van der Waals surface area contributed by atoms with Crippen LogP contribution < -0.4 is 0 Å². The predicted molar refractivity (Wildman–Crippen MR) is 67.9 cm³/mol. The highest BCUT2D eigenvalue weighted by atomic mass is 16.7. The van der Waals surface area contributed by atoms with Gasteiger partial charge in [-0.2, -0.15) is 0 Å².